The summed E-state index contributed by atoms with van der Waals surface area (Å²) < 4.78 is 122. The Bertz CT molecular complexity index is 4090. The van der Waals surface area contributed by atoms with Crippen molar-refractivity contribution in [3.8, 4) is 39.3 Å². The van der Waals surface area contributed by atoms with Crippen LogP contribution in [0, 0.1) is 0 Å². The fourth-order valence-electron chi connectivity index (χ4n) is 8.72. The third-order valence-corrected chi connectivity index (χ3v) is 11.0. The summed E-state index contributed by atoms with van der Waals surface area (Å²) >= 11 is 0. The lowest BCUT2D eigenvalue weighted by Crippen LogP contribution is -2.01. The van der Waals surface area contributed by atoms with Gasteiger partial charge in [0.1, 0.15) is 0 Å². The normalized spacial score (nSPS) is 15.1. The van der Waals surface area contributed by atoms with E-state index in [-0.39, 0.29) is 16.8 Å². The van der Waals surface area contributed by atoms with Crippen molar-refractivity contribution in [3.63, 3.8) is 0 Å². The topological polar surface area (TPSA) is 14.8 Å². The van der Waals surface area contributed by atoms with Crippen molar-refractivity contribution in [1.29, 1.82) is 0 Å². The van der Waals surface area contributed by atoms with E-state index in [9.17, 15) is 2.74 Å². The first-order valence-corrected chi connectivity index (χ1v) is 18.6. The second kappa shape index (κ2) is 12.5. The van der Waals surface area contributed by atoms with E-state index in [1.54, 1.807) is 16.7 Å². The molecule has 0 N–H and O–H groups in total. The molecule has 0 aliphatic heterocycles. The van der Waals surface area contributed by atoms with Gasteiger partial charge in [0, 0.05) is 49.1 Å². The SMILES string of the molecule is [2H]c1c([2H])c([2H])c(-c2c([2H])c([2H])c([2H])c(-c3c([2H])c([2H])c([2H])c([2H])c3[2H])c2-n2c3ccccc3c3cc(-n4c5ccccc5c5c(-n6c7ccccc7c7ccccc76)cccc54)ccc32)c([2H])c1[2H]. The Morgan fingerprint density at radius 3 is 1.40 bits per heavy atom. The van der Waals surface area contributed by atoms with Crippen LogP contribution >= 0.6 is 0 Å². The second-order valence-electron chi connectivity index (χ2n) is 13.9. The molecule has 266 valence electrons. The van der Waals surface area contributed by atoms with Gasteiger partial charge in [-0.15, -0.1) is 0 Å². The molecular weight excluding hydrogens is 691 g/mol. The third kappa shape index (κ3) is 4.66. The van der Waals surface area contributed by atoms with Gasteiger partial charge in [0.2, 0.25) is 0 Å². The van der Waals surface area contributed by atoms with Crippen LogP contribution in [0.1, 0.15) is 17.8 Å². The fraction of sp³-hybridized carbons (Fsp3) is 0. The van der Waals surface area contributed by atoms with Crippen molar-refractivity contribution < 1.29 is 17.8 Å². The Balaban J connectivity index is 1.21. The van der Waals surface area contributed by atoms with Crippen molar-refractivity contribution in [1.82, 2.24) is 13.7 Å². The van der Waals surface area contributed by atoms with Gasteiger partial charge in [-0.05, 0) is 65.7 Å². The molecule has 0 amide bonds. The van der Waals surface area contributed by atoms with Gasteiger partial charge in [-0.25, -0.2) is 0 Å². The molecule has 3 nitrogen and oxygen atoms in total. The molecule has 57 heavy (non-hydrogen) atoms. The lowest BCUT2D eigenvalue weighted by molar-refractivity contribution is 1.16. The summed E-state index contributed by atoms with van der Waals surface area (Å²) in [5, 5.41) is 5.67. The molecule has 12 aromatic rings. The van der Waals surface area contributed by atoms with Crippen LogP contribution in [0.4, 0.5) is 0 Å². The molecule has 0 saturated carbocycles. The standard InChI is InChI=1S/C54H35N3/c1-3-17-36(18-4-1)39-25-15-26-40(37-19-5-2-6-20-37)54(39)57-48-29-13-9-23-43(48)45-35-38(33-34-50(45)57)55-49-30-14-10-24-44(49)53-51(55)31-16-32-52(53)56-46-27-11-7-21-41(46)42-22-8-12-28-47(42)56/h1-35H/i1D,2D,3D,4D,5D,6D,15D,17D,18D,19D,20D,25D,26D. The molecular formula is C54H35N3. The molecule has 0 atom stereocenters. The Morgan fingerprint density at radius 1 is 0.333 bits per heavy atom. The number of hydrogen-bond acceptors (Lipinski definition) is 0. The van der Waals surface area contributed by atoms with Crippen molar-refractivity contribution >= 4 is 65.4 Å². The fourth-order valence-corrected chi connectivity index (χ4v) is 8.72. The van der Waals surface area contributed by atoms with Crippen LogP contribution in [0.15, 0.2) is 212 Å². The zero-order valence-corrected chi connectivity index (χ0v) is 30.0. The first-order chi connectivity index (χ1) is 33.7. The maximum Gasteiger partial charge on any atom is 0.0630 e. The summed E-state index contributed by atoms with van der Waals surface area (Å²) in [6.45, 7) is 0. The molecule has 0 spiro atoms. The van der Waals surface area contributed by atoms with Crippen LogP contribution < -0.4 is 0 Å². The molecule has 0 aliphatic rings. The van der Waals surface area contributed by atoms with E-state index in [0.29, 0.717) is 21.8 Å². The monoisotopic (exact) mass is 738 g/mol. The Kier molecular flexibility index (Phi) is 4.69. The van der Waals surface area contributed by atoms with Gasteiger partial charge in [-0.1, -0.05) is 157 Å². The van der Waals surface area contributed by atoms with Gasteiger partial charge in [0.05, 0.1) is 62.3 Å². The van der Waals surface area contributed by atoms with Crippen LogP contribution in [0.2, 0.25) is 0 Å². The van der Waals surface area contributed by atoms with Crippen LogP contribution in [0.3, 0.4) is 0 Å². The molecule has 0 unspecified atom stereocenters. The van der Waals surface area contributed by atoms with Crippen molar-refractivity contribution in [2.24, 2.45) is 0 Å². The molecule has 0 bridgehead atoms. The predicted octanol–water partition coefficient (Wildman–Crippen LogP) is 14.3. The first-order valence-electron chi connectivity index (χ1n) is 25.1. The Hall–Kier alpha value is -7.62. The first kappa shape index (κ1) is 21.5. The third-order valence-electron chi connectivity index (χ3n) is 11.0. The van der Waals surface area contributed by atoms with E-state index in [4.69, 9.17) is 15.1 Å². The largest absolute Gasteiger partial charge is 0.309 e. The summed E-state index contributed by atoms with van der Waals surface area (Å²) in [4.78, 5) is 0. The van der Waals surface area contributed by atoms with Crippen LogP contribution in [-0.4, -0.2) is 13.7 Å². The lowest BCUT2D eigenvalue weighted by Gasteiger charge is -2.19. The van der Waals surface area contributed by atoms with Gasteiger partial charge < -0.3 is 13.7 Å². The molecule has 3 aromatic heterocycles. The average Bonchev–Trinajstić information content (AvgIpc) is 4.02. The molecule has 0 saturated heterocycles. The summed E-state index contributed by atoms with van der Waals surface area (Å²) in [6.07, 6.45) is 0. The summed E-state index contributed by atoms with van der Waals surface area (Å²) in [6, 6.07) is 35.4. The van der Waals surface area contributed by atoms with Crippen molar-refractivity contribution in [2.75, 3.05) is 0 Å². The molecule has 0 aliphatic carbocycles. The van der Waals surface area contributed by atoms with Crippen LogP contribution in [-0.2, 0) is 0 Å². The van der Waals surface area contributed by atoms with Gasteiger partial charge in [0.25, 0.3) is 0 Å². The molecule has 3 heteroatoms. The average molecular weight is 739 g/mol. The maximum absolute atomic E-state index is 9.49. The number of aromatic nitrogens is 3. The minimum atomic E-state index is -0.734. The number of fused-ring (bicyclic) bond motifs is 9. The van der Waals surface area contributed by atoms with E-state index < -0.39 is 89.7 Å². The summed E-state index contributed by atoms with van der Waals surface area (Å²) in [7, 11) is 0. The van der Waals surface area contributed by atoms with Gasteiger partial charge in [-0.3, -0.25) is 0 Å². The lowest BCUT2D eigenvalue weighted by atomic mass is 9.95. The Morgan fingerprint density at radius 2 is 0.807 bits per heavy atom. The van der Waals surface area contributed by atoms with E-state index in [1.165, 1.54) is 0 Å². The van der Waals surface area contributed by atoms with Gasteiger partial charge in [0.15, 0.2) is 0 Å². The van der Waals surface area contributed by atoms with Gasteiger partial charge in [-0.2, -0.15) is 0 Å². The maximum atomic E-state index is 9.49. The van der Waals surface area contributed by atoms with Crippen molar-refractivity contribution in [2.45, 2.75) is 0 Å². The number of nitrogens with zero attached hydrogens (tertiary/aromatic N) is 3. The summed E-state index contributed by atoms with van der Waals surface area (Å²) in [5.41, 5.74) is 4.99. The number of benzene rings is 9. The number of rotatable bonds is 5. The van der Waals surface area contributed by atoms with Gasteiger partial charge >= 0.3 is 0 Å². The zero-order chi connectivity index (χ0) is 48.8. The molecule has 0 radical (unpaired) electrons. The van der Waals surface area contributed by atoms with E-state index in [0.717, 1.165) is 55.0 Å². The molecule has 12 rings (SSSR count). The smallest absolute Gasteiger partial charge is 0.0630 e. The van der Waals surface area contributed by atoms with Crippen LogP contribution in [0.25, 0.3) is 105 Å². The van der Waals surface area contributed by atoms with E-state index in [1.807, 2.05) is 66.7 Å². The highest BCUT2D eigenvalue weighted by molar-refractivity contribution is 6.17. The molecule has 3 heterocycles. The highest BCUT2D eigenvalue weighted by Gasteiger charge is 2.22. The van der Waals surface area contributed by atoms with E-state index in [2.05, 4.69) is 63.7 Å². The van der Waals surface area contributed by atoms with Crippen molar-refractivity contribution in [3.05, 3.63) is 212 Å². The highest BCUT2D eigenvalue weighted by Crippen LogP contribution is 2.44. The zero-order valence-electron chi connectivity index (χ0n) is 43.0. The predicted molar refractivity (Wildman–Crippen MR) is 240 cm³/mol. The second-order valence-corrected chi connectivity index (χ2v) is 13.9. The molecule has 0 fully saturated rings. The highest BCUT2D eigenvalue weighted by atomic mass is 15.0. The Labute approximate surface area is 347 Å². The quantitative estimate of drug-likeness (QED) is 0.167. The summed E-state index contributed by atoms with van der Waals surface area (Å²) in [5.74, 6) is 0. The molecule has 9 aromatic carbocycles. The number of hydrogen-bond donors (Lipinski definition) is 0. The van der Waals surface area contributed by atoms with E-state index >= 15 is 0 Å². The van der Waals surface area contributed by atoms with Crippen LogP contribution in [0.5, 0.6) is 0 Å². The minimum absolute atomic E-state index is 0.158. The number of para-hydroxylation sites is 5. The minimum Gasteiger partial charge on any atom is -0.309 e.